The number of hydrogen-bond acceptors (Lipinski definition) is 4. The molecule has 1 aliphatic heterocycles. The van der Waals surface area contributed by atoms with Crippen LogP contribution in [0.15, 0.2) is 42.5 Å². The van der Waals surface area contributed by atoms with Crippen molar-refractivity contribution in [2.75, 3.05) is 18.5 Å². The van der Waals surface area contributed by atoms with Crippen molar-refractivity contribution in [1.82, 2.24) is 0 Å². The molecule has 1 heterocycles. The van der Waals surface area contributed by atoms with E-state index in [1.807, 2.05) is 12.1 Å². The van der Waals surface area contributed by atoms with Gasteiger partial charge in [-0.3, -0.25) is 4.79 Å². The molecule has 6 heteroatoms. The van der Waals surface area contributed by atoms with Crippen LogP contribution in [0.5, 0.6) is 5.75 Å². The van der Waals surface area contributed by atoms with Gasteiger partial charge in [0.05, 0.1) is 16.7 Å². The van der Waals surface area contributed by atoms with E-state index in [0.717, 1.165) is 19.4 Å². The highest BCUT2D eigenvalue weighted by Gasteiger charge is 2.16. The average Bonchev–Trinajstić information content (AvgIpc) is 3.14. The highest BCUT2D eigenvalue weighted by atomic mass is 35.5. The smallest absolute Gasteiger partial charge is 0.255 e. The number of nitriles is 1. The fourth-order valence-electron chi connectivity index (χ4n) is 2.58. The van der Waals surface area contributed by atoms with Gasteiger partial charge in [0, 0.05) is 17.9 Å². The van der Waals surface area contributed by atoms with Gasteiger partial charge in [-0.15, -0.1) is 0 Å². The molecule has 2 aromatic carbocycles. The van der Waals surface area contributed by atoms with Crippen molar-refractivity contribution in [3.8, 4) is 11.8 Å². The molecule has 25 heavy (non-hydrogen) atoms. The van der Waals surface area contributed by atoms with Crippen LogP contribution in [0.1, 0.15) is 28.8 Å². The molecule has 3 rings (SSSR count). The molecule has 0 saturated carbocycles. The Morgan fingerprint density at radius 1 is 1.36 bits per heavy atom. The normalized spacial score (nSPS) is 16.2. The average molecular weight is 357 g/mol. The number of ether oxygens (including phenoxy) is 2. The van der Waals surface area contributed by atoms with Gasteiger partial charge in [-0.05, 0) is 49.2 Å². The first kappa shape index (κ1) is 17.3. The Kier molecular flexibility index (Phi) is 5.54. The van der Waals surface area contributed by atoms with Crippen molar-refractivity contribution in [1.29, 1.82) is 5.26 Å². The van der Waals surface area contributed by atoms with Crippen LogP contribution in [-0.4, -0.2) is 25.2 Å². The maximum atomic E-state index is 12.4. The first-order chi connectivity index (χ1) is 12.2. The third-order valence-corrected chi connectivity index (χ3v) is 4.22. The summed E-state index contributed by atoms with van der Waals surface area (Å²) in [7, 11) is 0. The molecule has 1 fully saturated rings. The van der Waals surface area contributed by atoms with Gasteiger partial charge < -0.3 is 14.8 Å². The predicted octanol–water partition coefficient (Wildman–Crippen LogP) is 4.02. The second kappa shape index (κ2) is 8.02. The zero-order valence-electron chi connectivity index (χ0n) is 13.5. The van der Waals surface area contributed by atoms with Crippen LogP contribution < -0.4 is 10.1 Å². The van der Waals surface area contributed by atoms with E-state index in [2.05, 4.69) is 5.32 Å². The Balaban J connectivity index is 1.64. The van der Waals surface area contributed by atoms with Crippen LogP contribution >= 0.6 is 11.6 Å². The van der Waals surface area contributed by atoms with Crippen molar-refractivity contribution < 1.29 is 14.3 Å². The van der Waals surface area contributed by atoms with Gasteiger partial charge in [-0.1, -0.05) is 17.7 Å². The summed E-state index contributed by atoms with van der Waals surface area (Å²) < 4.78 is 11.2. The van der Waals surface area contributed by atoms with Gasteiger partial charge >= 0.3 is 0 Å². The van der Waals surface area contributed by atoms with Crippen LogP contribution in [0.3, 0.4) is 0 Å². The number of nitrogens with one attached hydrogen (secondary N) is 1. The molecule has 5 nitrogen and oxygen atoms in total. The van der Waals surface area contributed by atoms with E-state index < -0.39 is 0 Å². The van der Waals surface area contributed by atoms with Crippen LogP contribution in [0.2, 0.25) is 5.02 Å². The number of halogens is 1. The number of anilines is 1. The molecule has 0 radical (unpaired) electrons. The molecule has 1 N–H and O–H groups in total. The van der Waals surface area contributed by atoms with Crippen molar-refractivity contribution in [3.05, 3.63) is 58.6 Å². The third-order valence-electron chi connectivity index (χ3n) is 3.90. The van der Waals surface area contributed by atoms with Crippen LogP contribution in [0.4, 0.5) is 5.69 Å². The van der Waals surface area contributed by atoms with E-state index >= 15 is 0 Å². The van der Waals surface area contributed by atoms with Crippen molar-refractivity contribution >= 4 is 23.2 Å². The molecular formula is C19H17ClN2O3. The fourth-order valence-corrected chi connectivity index (χ4v) is 2.80. The van der Waals surface area contributed by atoms with Gasteiger partial charge in [-0.25, -0.2) is 0 Å². The van der Waals surface area contributed by atoms with Crippen molar-refractivity contribution in [3.63, 3.8) is 0 Å². The quantitative estimate of drug-likeness (QED) is 0.878. The summed E-state index contributed by atoms with van der Waals surface area (Å²) in [6, 6.07) is 13.7. The van der Waals surface area contributed by atoms with Gasteiger partial charge in [0.1, 0.15) is 18.4 Å². The lowest BCUT2D eigenvalue weighted by Crippen LogP contribution is -2.17. The minimum atomic E-state index is -0.275. The zero-order valence-corrected chi connectivity index (χ0v) is 14.3. The second-order valence-electron chi connectivity index (χ2n) is 5.73. The molecule has 2 aromatic rings. The number of benzene rings is 2. The standard InChI is InChI=1S/C19H17ClN2O3/c20-18-10-15(7-6-14(18)11-21)22-19(23)13-3-1-4-16(9-13)25-12-17-5-2-8-24-17/h1,3-4,6-7,9-10,17H,2,5,8,12H2,(H,22,23)/t17-/m0/s1. The summed E-state index contributed by atoms with van der Waals surface area (Å²) in [5.41, 5.74) is 1.37. The van der Waals surface area contributed by atoms with E-state index in [9.17, 15) is 4.79 Å². The molecule has 0 aliphatic carbocycles. The first-order valence-corrected chi connectivity index (χ1v) is 8.39. The maximum absolute atomic E-state index is 12.4. The van der Waals surface area contributed by atoms with E-state index in [1.165, 1.54) is 0 Å². The maximum Gasteiger partial charge on any atom is 0.255 e. The SMILES string of the molecule is N#Cc1ccc(NC(=O)c2cccc(OC[C@@H]3CCCO3)c2)cc1Cl. The lowest BCUT2D eigenvalue weighted by atomic mass is 10.2. The number of carbonyl (C=O) groups excluding carboxylic acids is 1. The molecule has 1 aliphatic rings. The van der Waals surface area contributed by atoms with Crippen LogP contribution in [0.25, 0.3) is 0 Å². The van der Waals surface area contributed by atoms with E-state index in [4.69, 9.17) is 26.3 Å². The number of nitrogens with zero attached hydrogens (tertiary/aromatic N) is 1. The number of hydrogen-bond donors (Lipinski definition) is 1. The zero-order chi connectivity index (χ0) is 17.6. The number of carbonyl (C=O) groups is 1. The second-order valence-corrected chi connectivity index (χ2v) is 6.14. The molecule has 0 spiro atoms. The Bertz CT molecular complexity index is 811. The van der Waals surface area contributed by atoms with Crippen molar-refractivity contribution in [2.45, 2.75) is 18.9 Å². The molecule has 128 valence electrons. The van der Waals surface area contributed by atoms with Crippen LogP contribution in [0, 0.1) is 11.3 Å². The van der Waals surface area contributed by atoms with E-state index in [1.54, 1.807) is 36.4 Å². The lowest BCUT2D eigenvalue weighted by Gasteiger charge is -2.12. The van der Waals surface area contributed by atoms with Gasteiger partial charge in [-0.2, -0.15) is 5.26 Å². The van der Waals surface area contributed by atoms with E-state index in [0.29, 0.717) is 34.2 Å². The molecule has 0 unspecified atom stereocenters. The monoisotopic (exact) mass is 356 g/mol. The minimum Gasteiger partial charge on any atom is -0.491 e. The summed E-state index contributed by atoms with van der Waals surface area (Å²) >= 11 is 5.98. The Morgan fingerprint density at radius 3 is 2.96 bits per heavy atom. The summed E-state index contributed by atoms with van der Waals surface area (Å²) in [5, 5.41) is 11.9. The van der Waals surface area contributed by atoms with Gasteiger partial charge in [0.15, 0.2) is 0 Å². The summed E-state index contributed by atoms with van der Waals surface area (Å²) in [6.45, 7) is 1.26. The highest BCUT2D eigenvalue weighted by Crippen LogP contribution is 2.22. The minimum absolute atomic E-state index is 0.123. The third kappa shape index (κ3) is 4.50. The van der Waals surface area contributed by atoms with Crippen LogP contribution in [-0.2, 0) is 4.74 Å². The lowest BCUT2D eigenvalue weighted by molar-refractivity contribution is 0.0679. The topological polar surface area (TPSA) is 71.4 Å². The Morgan fingerprint density at radius 2 is 2.24 bits per heavy atom. The van der Waals surface area contributed by atoms with Crippen molar-refractivity contribution in [2.24, 2.45) is 0 Å². The largest absolute Gasteiger partial charge is 0.491 e. The fraction of sp³-hybridized carbons (Fsp3) is 0.263. The first-order valence-electron chi connectivity index (χ1n) is 8.01. The summed E-state index contributed by atoms with van der Waals surface area (Å²) in [4.78, 5) is 12.4. The van der Waals surface area contributed by atoms with E-state index in [-0.39, 0.29) is 12.0 Å². The predicted molar refractivity (Wildman–Crippen MR) is 95.0 cm³/mol. The molecular weight excluding hydrogens is 340 g/mol. The molecule has 1 saturated heterocycles. The highest BCUT2D eigenvalue weighted by molar-refractivity contribution is 6.32. The molecule has 1 amide bonds. The van der Waals surface area contributed by atoms with Gasteiger partial charge in [0.2, 0.25) is 0 Å². The number of rotatable bonds is 5. The van der Waals surface area contributed by atoms with Gasteiger partial charge in [0.25, 0.3) is 5.91 Å². The summed E-state index contributed by atoms with van der Waals surface area (Å²) in [5.74, 6) is 0.351. The summed E-state index contributed by atoms with van der Waals surface area (Å²) in [6.07, 6.45) is 2.18. The Labute approximate surface area is 151 Å². The molecule has 0 bridgehead atoms. The molecule has 0 aromatic heterocycles. The Hall–Kier alpha value is -2.55. The number of amides is 1. The molecule has 1 atom stereocenters.